The monoisotopic (exact) mass is 488 g/mol. The second kappa shape index (κ2) is 10.8. The van der Waals surface area contributed by atoms with Crippen LogP contribution in [0.3, 0.4) is 0 Å². The molecule has 0 radical (unpaired) electrons. The largest absolute Gasteiger partial charge is 0.495 e. The van der Waals surface area contributed by atoms with Crippen LogP contribution >= 0.6 is 22.9 Å². The van der Waals surface area contributed by atoms with Crippen LogP contribution in [0.5, 0.6) is 5.75 Å². The molecule has 1 aromatic carbocycles. The number of anilines is 1. The van der Waals surface area contributed by atoms with Gasteiger partial charge in [0.1, 0.15) is 28.5 Å². The van der Waals surface area contributed by atoms with Crippen molar-refractivity contribution >= 4 is 45.3 Å². The van der Waals surface area contributed by atoms with Crippen molar-refractivity contribution < 1.29 is 14.3 Å². The summed E-state index contributed by atoms with van der Waals surface area (Å²) in [6.45, 7) is 5.51. The van der Waals surface area contributed by atoms with Gasteiger partial charge in [0.25, 0.3) is 0 Å². The number of halogens is 1. The third-order valence-electron chi connectivity index (χ3n) is 5.86. The van der Waals surface area contributed by atoms with E-state index in [-0.39, 0.29) is 0 Å². The van der Waals surface area contributed by atoms with E-state index in [9.17, 15) is 4.79 Å². The normalized spacial score (nSPS) is 14.8. The maximum absolute atomic E-state index is 11.9. The molecule has 0 saturated heterocycles. The number of methoxy groups -OCH3 is 1. The summed E-state index contributed by atoms with van der Waals surface area (Å²) in [4.78, 5) is 26.1. The highest BCUT2D eigenvalue weighted by atomic mass is 35.5. The lowest BCUT2D eigenvalue weighted by Crippen LogP contribution is -2.25. The predicted molar refractivity (Wildman–Crippen MR) is 133 cm³/mol. The first kappa shape index (κ1) is 23.9. The van der Waals surface area contributed by atoms with E-state index in [1.54, 1.807) is 18.4 Å². The number of aromatic nitrogens is 2. The molecule has 4 rings (SSSR count). The number of carbonyl (C=O) groups is 1. The molecule has 1 aliphatic heterocycles. The number of likely N-dealkylation sites (N-methyl/N-ethyl adjacent to an activating group) is 1. The van der Waals surface area contributed by atoms with E-state index in [1.807, 2.05) is 25.1 Å². The Morgan fingerprint density at radius 1 is 1.36 bits per heavy atom. The van der Waals surface area contributed by atoms with E-state index in [0.29, 0.717) is 42.8 Å². The van der Waals surface area contributed by atoms with Gasteiger partial charge in [-0.15, -0.1) is 11.3 Å². The van der Waals surface area contributed by atoms with E-state index < -0.39 is 5.92 Å². The first-order valence-electron chi connectivity index (χ1n) is 11.1. The third kappa shape index (κ3) is 5.30. The lowest BCUT2D eigenvalue weighted by molar-refractivity contribution is -0.109. The number of hydrogen-bond acceptors (Lipinski definition) is 8. The summed E-state index contributed by atoms with van der Waals surface area (Å²) >= 11 is 8.01. The van der Waals surface area contributed by atoms with Gasteiger partial charge in [-0.2, -0.15) is 0 Å². The Morgan fingerprint density at radius 2 is 2.21 bits per heavy atom. The van der Waals surface area contributed by atoms with E-state index in [1.165, 1.54) is 10.4 Å². The average molecular weight is 489 g/mol. The van der Waals surface area contributed by atoms with Gasteiger partial charge in [0.05, 0.1) is 23.4 Å². The van der Waals surface area contributed by atoms with Crippen LogP contribution in [0.2, 0.25) is 5.02 Å². The van der Waals surface area contributed by atoms with Crippen molar-refractivity contribution in [1.82, 2.24) is 14.9 Å². The lowest BCUT2D eigenvalue weighted by Gasteiger charge is -2.22. The Morgan fingerprint density at radius 3 is 2.94 bits per heavy atom. The van der Waals surface area contributed by atoms with E-state index in [0.717, 1.165) is 47.4 Å². The molecule has 2 aromatic heterocycles. The van der Waals surface area contributed by atoms with E-state index in [2.05, 4.69) is 17.3 Å². The highest BCUT2D eigenvalue weighted by Crippen LogP contribution is 2.38. The summed E-state index contributed by atoms with van der Waals surface area (Å²) in [5.74, 6) is 1.55. The van der Waals surface area contributed by atoms with Crippen molar-refractivity contribution in [3.63, 3.8) is 0 Å². The van der Waals surface area contributed by atoms with Crippen LogP contribution in [-0.4, -0.2) is 55.1 Å². The summed E-state index contributed by atoms with van der Waals surface area (Å²) < 4.78 is 10.7. The first-order chi connectivity index (χ1) is 16.0. The van der Waals surface area contributed by atoms with Crippen LogP contribution < -0.4 is 10.1 Å². The fourth-order valence-corrected chi connectivity index (χ4v) is 5.64. The van der Waals surface area contributed by atoms with Gasteiger partial charge in [0.15, 0.2) is 0 Å². The molecule has 3 aromatic rings. The van der Waals surface area contributed by atoms with Crippen LogP contribution in [0.1, 0.15) is 41.1 Å². The molecule has 1 atom stereocenters. The number of fused-ring (bicyclic) bond motifs is 3. The molecule has 0 bridgehead atoms. The van der Waals surface area contributed by atoms with Crippen LogP contribution in [0, 0.1) is 0 Å². The van der Waals surface area contributed by atoms with E-state index >= 15 is 0 Å². The van der Waals surface area contributed by atoms with Gasteiger partial charge >= 0.3 is 0 Å². The van der Waals surface area contributed by atoms with Crippen molar-refractivity contribution in [2.24, 2.45) is 0 Å². The van der Waals surface area contributed by atoms with Crippen molar-refractivity contribution in [2.45, 2.75) is 38.8 Å². The van der Waals surface area contributed by atoms with Crippen LogP contribution in [0.15, 0.2) is 18.2 Å². The van der Waals surface area contributed by atoms with E-state index in [4.69, 9.17) is 31.0 Å². The minimum atomic E-state index is -0.404. The minimum Gasteiger partial charge on any atom is -0.495 e. The zero-order valence-corrected chi connectivity index (χ0v) is 20.8. The molecule has 3 heterocycles. The summed E-state index contributed by atoms with van der Waals surface area (Å²) in [5, 5.41) is 5.14. The Kier molecular flexibility index (Phi) is 7.80. The molecule has 1 aliphatic rings. The average Bonchev–Trinajstić information content (AvgIpc) is 3.17. The molecule has 176 valence electrons. The topological polar surface area (TPSA) is 76.6 Å². The van der Waals surface area contributed by atoms with Crippen LogP contribution in [0.4, 0.5) is 5.82 Å². The fourth-order valence-electron chi connectivity index (χ4n) is 4.05. The standard InChI is InChI=1S/C24H29ClN4O3S/c1-4-32-10-8-16(14-30)22-27-23(26-12-15-5-6-19(31-3)18(25)11-15)21-17-7-9-29(2)13-20(17)33-24(21)28-22/h5-6,11,14,16H,4,7-10,12-13H2,1-3H3,(H,26,27,28). The number of benzene rings is 1. The molecule has 0 spiro atoms. The number of aldehydes is 1. The molecule has 1 unspecified atom stereocenters. The SMILES string of the molecule is CCOCCC(C=O)c1nc(NCc2ccc(OC)c(Cl)c2)c2c3c(sc2n1)CN(C)CC3. The lowest BCUT2D eigenvalue weighted by atomic mass is 10.0. The highest BCUT2D eigenvalue weighted by molar-refractivity contribution is 7.19. The second-order valence-electron chi connectivity index (χ2n) is 8.15. The van der Waals surface area contributed by atoms with Crippen molar-refractivity contribution in [3.8, 4) is 5.75 Å². The van der Waals surface area contributed by atoms with Gasteiger partial charge in [-0.1, -0.05) is 17.7 Å². The number of ether oxygens (including phenoxy) is 2. The number of rotatable bonds is 10. The number of nitrogens with one attached hydrogen (secondary N) is 1. The summed E-state index contributed by atoms with van der Waals surface area (Å²) in [6, 6.07) is 5.73. The van der Waals surface area contributed by atoms with Crippen molar-refractivity contribution in [1.29, 1.82) is 0 Å². The maximum Gasteiger partial charge on any atom is 0.142 e. The van der Waals surface area contributed by atoms with Crippen molar-refractivity contribution in [3.05, 3.63) is 45.1 Å². The van der Waals surface area contributed by atoms with Crippen molar-refractivity contribution in [2.75, 3.05) is 39.2 Å². The molecule has 0 aliphatic carbocycles. The summed E-state index contributed by atoms with van der Waals surface area (Å²) in [6.07, 6.45) is 2.44. The Balaban J connectivity index is 1.70. The molecule has 0 saturated carbocycles. The fraction of sp³-hybridized carbons (Fsp3) is 0.458. The summed E-state index contributed by atoms with van der Waals surface area (Å²) in [7, 11) is 3.73. The van der Waals surface area contributed by atoms with Gasteiger partial charge in [0, 0.05) is 37.7 Å². The molecular formula is C24H29ClN4O3S. The zero-order valence-electron chi connectivity index (χ0n) is 19.2. The molecule has 7 nitrogen and oxygen atoms in total. The Bertz CT molecular complexity index is 1140. The first-order valence-corrected chi connectivity index (χ1v) is 12.3. The van der Waals surface area contributed by atoms with Crippen LogP contribution in [-0.2, 0) is 29.0 Å². The predicted octanol–water partition coefficient (Wildman–Crippen LogP) is 4.66. The third-order valence-corrected chi connectivity index (χ3v) is 7.26. The number of carbonyl (C=O) groups excluding carboxylic acids is 1. The Hall–Kier alpha value is -2.26. The van der Waals surface area contributed by atoms with Crippen LogP contribution in [0.25, 0.3) is 10.2 Å². The molecular weight excluding hydrogens is 460 g/mol. The maximum atomic E-state index is 11.9. The van der Waals surface area contributed by atoms with Gasteiger partial charge in [-0.05, 0) is 50.1 Å². The molecule has 0 fully saturated rings. The minimum absolute atomic E-state index is 0.404. The zero-order chi connectivity index (χ0) is 23.4. The highest BCUT2D eigenvalue weighted by Gasteiger charge is 2.25. The Labute approximate surface area is 203 Å². The van der Waals surface area contributed by atoms with Gasteiger partial charge in [-0.3, -0.25) is 0 Å². The number of nitrogens with zero attached hydrogens (tertiary/aromatic N) is 3. The number of hydrogen-bond donors (Lipinski definition) is 1. The summed E-state index contributed by atoms with van der Waals surface area (Å²) in [5.41, 5.74) is 2.33. The molecule has 9 heteroatoms. The van der Waals surface area contributed by atoms with Gasteiger partial charge in [0.2, 0.25) is 0 Å². The second-order valence-corrected chi connectivity index (χ2v) is 9.64. The van der Waals surface area contributed by atoms with Gasteiger partial charge < -0.3 is 24.5 Å². The van der Waals surface area contributed by atoms with Gasteiger partial charge in [-0.25, -0.2) is 9.97 Å². The molecule has 33 heavy (non-hydrogen) atoms. The smallest absolute Gasteiger partial charge is 0.142 e. The number of thiophene rings is 1. The molecule has 1 N–H and O–H groups in total. The quantitative estimate of drug-likeness (QED) is 0.328. The molecule has 0 amide bonds.